The summed E-state index contributed by atoms with van der Waals surface area (Å²) in [4.78, 5) is 2.38. The van der Waals surface area contributed by atoms with Crippen LogP contribution in [0.2, 0.25) is 0 Å². The van der Waals surface area contributed by atoms with Gasteiger partial charge >= 0.3 is 0 Å². The minimum absolute atomic E-state index is 0.561. The van der Waals surface area contributed by atoms with Gasteiger partial charge in [0, 0.05) is 33.3 Å². The fourth-order valence-corrected chi connectivity index (χ4v) is 2.36. The molecule has 1 fully saturated rings. The maximum Gasteiger partial charge on any atom is 0.142 e. The lowest BCUT2D eigenvalue weighted by Crippen LogP contribution is -2.43. The lowest BCUT2D eigenvalue weighted by Gasteiger charge is -2.31. The zero-order valence-electron chi connectivity index (χ0n) is 13.1. The molecule has 0 aromatic heterocycles. The van der Waals surface area contributed by atoms with E-state index in [0.717, 1.165) is 31.9 Å². The van der Waals surface area contributed by atoms with Gasteiger partial charge in [-0.15, -0.1) is 0 Å². The summed E-state index contributed by atoms with van der Waals surface area (Å²) in [6.07, 6.45) is 0. The molecule has 118 valence electrons. The van der Waals surface area contributed by atoms with Crippen molar-refractivity contribution in [2.24, 2.45) is 0 Å². The first-order chi connectivity index (χ1) is 10.3. The van der Waals surface area contributed by atoms with Crippen LogP contribution in [0.3, 0.4) is 0 Å². The fourth-order valence-electron chi connectivity index (χ4n) is 2.36. The summed E-state index contributed by atoms with van der Waals surface area (Å²) in [7, 11) is 1.67. The van der Waals surface area contributed by atoms with E-state index in [4.69, 9.17) is 14.2 Å². The second kappa shape index (κ2) is 8.87. The Hall–Kier alpha value is -1.30. The molecule has 5 nitrogen and oxygen atoms in total. The quantitative estimate of drug-likeness (QED) is 0.735. The molecule has 1 N–H and O–H groups in total. The number of anilines is 1. The van der Waals surface area contributed by atoms with Crippen LogP contribution in [0.15, 0.2) is 18.2 Å². The maximum absolute atomic E-state index is 5.90. The molecule has 21 heavy (non-hydrogen) atoms. The number of hydrogen-bond donors (Lipinski definition) is 1. The number of rotatable bonds is 8. The largest absolute Gasteiger partial charge is 0.489 e. The molecular formula is C16H26N2O3. The smallest absolute Gasteiger partial charge is 0.142 e. The van der Waals surface area contributed by atoms with E-state index in [1.54, 1.807) is 7.11 Å². The molecule has 0 radical (unpaired) electrons. The Morgan fingerprint density at radius 2 is 1.86 bits per heavy atom. The zero-order chi connectivity index (χ0) is 14.9. The van der Waals surface area contributed by atoms with Crippen LogP contribution < -0.4 is 15.0 Å². The Morgan fingerprint density at radius 1 is 1.10 bits per heavy atom. The normalized spacial score (nSPS) is 15.2. The van der Waals surface area contributed by atoms with Gasteiger partial charge in [-0.1, -0.05) is 6.07 Å². The molecule has 1 heterocycles. The standard InChI is InChI=1S/C16H26N2O3/c1-14-3-4-16(21-12-11-20-10-9-19-2)15(13-14)18-7-5-17-6-8-18/h3-4,13,17H,5-12H2,1-2H3. The van der Waals surface area contributed by atoms with Crippen LogP contribution in [0.4, 0.5) is 5.69 Å². The van der Waals surface area contributed by atoms with E-state index in [-0.39, 0.29) is 0 Å². The first-order valence-corrected chi connectivity index (χ1v) is 7.57. The summed E-state index contributed by atoms with van der Waals surface area (Å²) in [5, 5.41) is 3.38. The van der Waals surface area contributed by atoms with Gasteiger partial charge < -0.3 is 24.4 Å². The second-order valence-electron chi connectivity index (χ2n) is 5.16. The average molecular weight is 294 g/mol. The molecule has 0 unspecified atom stereocenters. The molecule has 0 bridgehead atoms. The van der Waals surface area contributed by atoms with Gasteiger partial charge in [0.15, 0.2) is 0 Å². The topological polar surface area (TPSA) is 43.0 Å². The van der Waals surface area contributed by atoms with Gasteiger partial charge in [0.05, 0.1) is 25.5 Å². The van der Waals surface area contributed by atoms with Crippen LogP contribution in [0, 0.1) is 6.92 Å². The first-order valence-electron chi connectivity index (χ1n) is 7.57. The maximum atomic E-state index is 5.90. The van der Waals surface area contributed by atoms with Gasteiger partial charge in [-0.3, -0.25) is 0 Å². The van der Waals surface area contributed by atoms with Gasteiger partial charge in [-0.25, -0.2) is 0 Å². The van der Waals surface area contributed by atoms with E-state index in [1.807, 2.05) is 0 Å². The van der Waals surface area contributed by atoms with Gasteiger partial charge in [0.2, 0.25) is 0 Å². The molecular weight excluding hydrogens is 268 g/mol. The van der Waals surface area contributed by atoms with Gasteiger partial charge in [0.25, 0.3) is 0 Å². The molecule has 1 saturated heterocycles. The van der Waals surface area contributed by atoms with E-state index in [0.29, 0.717) is 26.4 Å². The first kappa shape index (κ1) is 16.1. The van der Waals surface area contributed by atoms with Gasteiger partial charge in [0.1, 0.15) is 12.4 Å². The highest BCUT2D eigenvalue weighted by molar-refractivity contribution is 5.60. The van der Waals surface area contributed by atoms with Crippen molar-refractivity contribution in [1.29, 1.82) is 0 Å². The number of aryl methyl sites for hydroxylation is 1. The molecule has 1 aliphatic heterocycles. The van der Waals surface area contributed by atoms with Crippen LogP contribution in [-0.4, -0.2) is 59.7 Å². The lowest BCUT2D eigenvalue weighted by atomic mass is 10.1. The molecule has 1 aromatic rings. The molecule has 0 aliphatic carbocycles. The van der Waals surface area contributed by atoms with Crippen molar-refractivity contribution in [2.75, 3.05) is 64.6 Å². The minimum atomic E-state index is 0.561. The Bertz CT molecular complexity index is 420. The molecule has 0 atom stereocenters. The van der Waals surface area contributed by atoms with Crippen molar-refractivity contribution in [3.05, 3.63) is 23.8 Å². The van der Waals surface area contributed by atoms with Gasteiger partial charge in [-0.05, 0) is 24.6 Å². The number of nitrogens with zero attached hydrogens (tertiary/aromatic N) is 1. The number of ether oxygens (including phenoxy) is 3. The fraction of sp³-hybridized carbons (Fsp3) is 0.625. The van der Waals surface area contributed by atoms with Crippen molar-refractivity contribution >= 4 is 5.69 Å². The average Bonchev–Trinajstić information content (AvgIpc) is 2.53. The van der Waals surface area contributed by atoms with Crippen LogP contribution in [0.5, 0.6) is 5.75 Å². The summed E-state index contributed by atoms with van der Waals surface area (Å²) < 4.78 is 16.3. The van der Waals surface area contributed by atoms with Crippen molar-refractivity contribution in [1.82, 2.24) is 5.32 Å². The van der Waals surface area contributed by atoms with E-state index in [2.05, 4.69) is 35.3 Å². The number of nitrogens with one attached hydrogen (secondary N) is 1. The van der Waals surface area contributed by atoms with Crippen molar-refractivity contribution in [3.8, 4) is 5.75 Å². The Balaban J connectivity index is 1.88. The zero-order valence-corrected chi connectivity index (χ0v) is 13.1. The summed E-state index contributed by atoms with van der Waals surface area (Å²) in [6.45, 7) is 8.57. The van der Waals surface area contributed by atoms with E-state index in [1.165, 1.54) is 11.3 Å². The third kappa shape index (κ3) is 5.19. The Labute approximate surface area is 127 Å². The molecule has 1 aromatic carbocycles. The molecule has 0 saturated carbocycles. The number of piperazine rings is 1. The highest BCUT2D eigenvalue weighted by atomic mass is 16.5. The van der Waals surface area contributed by atoms with E-state index in [9.17, 15) is 0 Å². The van der Waals surface area contributed by atoms with Crippen LogP contribution in [-0.2, 0) is 9.47 Å². The van der Waals surface area contributed by atoms with Crippen molar-refractivity contribution in [3.63, 3.8) is 0 Å². The Morgan fingerprint density at radius 3 is 2.62 bits per heavy atom. The molecule has 2 rings (SSSR count). The lowest BCUT2D eigenvalue weighted by molar-refractivity contribution is 0.0545. The summed E-state index contributed by atoms with van der Waals surface area (Å²) >= 11 is 0. The highest BCUT2D eigenvalue weighted by Gasteiger charge is 2.15. The van der Waals surface area contributed by atoms with Gasteiger partial charge in [-0.2, -0.15) is 0 Å². The summed E-state index contributed by atoms with van der Waals surface area (Å²) in [6, 6.07) is 6.35. The molecule has 5 heteroatoms. The van der Waals surface area contributed by atoms with E-state index < -0.39 is 0 Å². The third-order valence-corrected chi connectivity index (χ3v) is 3.49. The summed E-state index contributed by atoms with van der Waals surface area (Å²) in [5.74, 6) is 0.942. The van der Waals surface area contributed by atoms with Crippen LogP contribution in [0.1, 0.15) is 5.56 Å². The number of benzene rings is 1. The summed E-state index contributed by atoms with van der Waals surface area (Å²) in [5.41, 5.74) is 2.45. The highest BCUT2D eigenvalue weighted by Crippen LogP contribution is 2.29. The molecule has 1 aliphatic rings. The van der Waals surface area contributed by atoms with Crippen molar-refractivity contribution in [2.45, 2.75) is 6.92 Å². The van der Waals surface area contributed by atoms with E-state index >= 15 is 0 Å². The Kier molecular flexibility index (Phi) is 6.79. The predicted octanol–water partition coefficient (Wildman–Crippen LogP) is 1.45. The minimum Gasteiger partial charge on any atom is -0.489 e. The number of methoxy groups -OCH3 is 1. The van der Waals surface area contributed by atoms with Crippen molar-refractivity contribution < 1.29 is 14.2 Å². The number of hydrogen-bond acceptors (Lipinski definition) is 5. The monoisotopic (exact) mass is 294 g/mol. The van der Waals surface area contributed by atoms with Crippen LogP contribution in [0.25, 0.3) is 0 Å². The second-order valence-corrected chi connectivity index (χ2v) is 5.16. The molecule has 0 amide bonds. The third-order valence-electron chi connectivity index (χ3n) is 3.49. The SMILES string of the molecule is COCCOCCOc1ccc(C)cc1N1CCNCC1. The van der Waals surface area contributed by atoms with Crippen LogP contribution >= 0.6 is 0 Å². The predicted molar refractivity (Wildman–Crippen MR) is 84.5 cm³/mol. The molecule has 0 spiro atoms.